The minimum absolute atomic E-state index is 0.460. The van der Waals surface area contributed by atoms with Crippen molar-refractivity contribution < 1.29 is 4.52 Å². The third-order valence-corrected chi connectivity index (χ3v) is 2.79. The van der Waals surface area contributed by atoms with Crippen LogP contribution in [0, 0.1) is 6.92 Å². The lowest BCUT2D eigenvalue weighted by atomic mass is 10.1. The average Bonchev–Trinajstić information content (AvgIpc) is 2.81. The van der Waals surface area contributed by atoms with E-state index < -0.39 is 0 Å². The van der Waals surface area contributed by atoms with Crippen LogP contribution in [0.1, 0.15) is 12.5 Å². The van der Waals surface area contributed by atoms with Gasteiger partial charge in [-0.25, -0.2) is 0 Å². The molecule has 0 amide bonds. The summed E-state index contributed by atoms with van der Waals surface area (Å²) in [7, 11) is 1.91. The van der Waals surface area contributed by atoms with Crippen molar-refractivity contribution in [1.29, 1.82) is 0 Å². The number of aromatic nitrogens is 2. The van der Waals surface area contributed by atoms with E-state index in [9.17, 15) is 0 Å². The molecule has 0 aliphatic carbocycles. The standard InChI is InChI=1S/C12H16N4O/c1-4-16(3)12-14-11(17-15-12)9-7-5-6-8(2)10(9)13/h5-7H,4,13H2,1-3H3. The van der Waals surface area contributed by atoms with E-state index in [1.165, 1.54) is 0 Å². The molecule has 90 valence electrons. The summed E-state index contributed by atoms with van der Waals surface area (Å²) in [4.78, 5) is 6.22. The highest BCUT2D eigenvalue weighted by molar-refractivity contribution is 5.73. The fourth-order valence-corrected chi connectivity index (χ4v) is 1.49. The van der Waals surface area contributed by atoms with Gasteiger partial charge in [-0.1, -0.05) is 12.1 Å². The molecule has 0 unspecified atom stereocenters. The highest BCUT2D eigenvalue weighted by Gasteiger charge is 2.14. The maximum Gasteiger partial charge on any atom is 0.266 e. The SMILES string of the molecule is CCN(C)c1noc(-c2cccc(C)c2N)n1. The van der Waals surface area contributed by atoms with Gasteiger partial charge in [0.15, 0.2) is 0 Å². The molecule has 5 heteroatoms. The summed E-state index contributed by atoms with van der Waals surface area (Å²) in [5.74, 6) is 1.03. The molecular formula is C12H16N4O. The molecule has 2 N–H and O–H groups in total. The summed E-state index contributed by atoms with van der Waals surface area (Å²) in [5, 5.41) is 3.92. The van der Waals surface area contributed by atoms with Crippen LogP contribution >= 0.6 is 0 Å². The molecule has 0 fully saturated rings. The van der Waals surface area contributed by atoms with Gasteiger partial charge >= 0.3 is 0 Å². The number of anilines is 2. The molecule has 1 aromatic heterocycles. The summed E-state index contributed by atoms with van der Waals surface area (Å²) in [6, 6.07) is 5.76. The normalized spacial score (nSPS) is 10.5. The third kappa shape index (κ3) is 2.08. The van der Waals surface area contributed by atoms with Gasteiger partial charge in [-0.05, 0) is 30.6 Å². The third-order valence-electron chi connectivity index (χ3n) is 2.79. The van der Waals surface area contributed by atoms with E-state index in [-0.39, 0.29) is 0 Å². The van der Waals surface area contributed by atoms with Crippen molar-refractivity contribution in [2.45, 2.75) is 13.8 Å². The maximum atomic E-state index is 5.99. The van der Waals surface area contributed by atoms with Gasteiger partial charge in [-0.3, -0.25) is 0 Å². The molecule has 0 atom stereocenters. The van der Waals surface area contributed by atoms with Gasteiger partial charge in [0, 0.05) is 19.3 Å². The summed E-state index contributed by atoms with van der Waals surface area (Å²) in [5.41, 5.74) is 8.46. The molecule has 0 spiro atoms. The molecular weight excluding hydrogens is 216 g/mol. The van der Waals surface area contributed by atoms with E-state index in [1.54, 1.807) is 0 Å². The summed E-state index contributed by atoms with van der Waals surface area (Å²) in [6.45, 7) is 4.80. The number of nitrogens with two attached hydrogens (primary N) is 1. The lowest BCUT2D eigenvalue weighted by Crippen LogP contribution is -2.16. The first-order valence-corrected chi connectivity index (χ1v) is 5.53. The zero-order valence-electron chi connectivity index (χ0n) is 10.3. The van der Waals surface area contributed by atoms with E-state index >= 15 is 0 Å². The Morgan fingerprint density at radius 1 is 1.41 bits per heavy atom. The van der Waals surface area contributed by atoms with Crippen molar-refractivity contribution >= 4 is 11.6 Å². The van der Waals surface area contributed by atoms with E-state index in [2.05, 4.69) is 10.1 Å². The van der Waals surface area contributed by atoms with Gasteiger partial charge in [-0.2, -0.15) is 4.98 Å². The molecule has 17 heavy (non-hydrogen) atoms. The van der Waals surface area contributed by atoms with Crippen molar-refractivity contribution in [3.63, 3.8) is 0 Å². The van der Waals surface area contributed by atoms with E-state index in [4.69, 9.17) is 10.3 Å². The van der Waals surface area contributed by atoms with Crippen LogP contribution in [0.15, 0.2) is 22.7 Å². The van der Waals surface area contributed by atoms with E-state index in [0.29, 0.717) is 17.5 Å². The molecule has 0 aliphatic heterocycles. The molecule has 0 radical (unpaired) electrons. The van der Waals surface area contributed by atoms with Crippen LogP contribution in [0.3, 0.4) is 0 Å². The maximum absolute atomic E-state index is 5.99. The number of para-hydroxylation sites is 1. The highest BCUT2D eigenvalue weighted by Crippen LogP contribution is 2.27. The summed E-state index contributed by atoms with van der Waals surface area (Å²) < 4.78 is 5.23. The Hall–Kier alpha value is -2.04. The Balaban J connectivity index is 2.40. The first-order chi connectivity index (χ1) is 8.13. The Morgan fingerprint density at radius 3 is 2.88 bits per heavy atom. The summed E-state index contributed by atoms with van der Waals surface area (Å²) >= 11 is 0. The van der Waals surface area contributed by atoms with Gasteiger partial charge < -0.3 is 15.2 Å². The van der Waals surface area contributed by atoms with E-state index in [1.807, 2.05) is 44.0 Å². The molecule has 5 nitrogen and oxygen atoms in total. The minimum atomic E-state index is 0.460. The predicted molar refractivity (Wildman–Crippen MR) is 67.8 cm³/mol. The smallest absolute Gasteiger partial charge is 0.266 e. The van der Waals surface area contributed by atoms with Crippen molar-refractivity contribution in [2.24, 2.45) is 0 Å². The van der Waals surface area contributed by atoms with Crippen LogP contribution in [-0.2, 0) is 0 Å². The van der Waals surface area contributed by atoms with Crippen molar-refractivity contribution in [1.82, 2.24) is 10.1 Å². The second kappa shape index (κ2) is 4.45. The van der Waals surface area contributed by atoms with Crippen LogP contribution in [0.2, 0.25) is 0 Å². The van der Waals surface area contributed by atoms with Gasteiger partial charge in [-0.15, -0.1) is 0 Å². The van der Waals surface area contributed by atoms with Gasteiger partial charge in [0.05, 0.1) is 5.56 Å². The van der Waals surface area contributed by atoms with Crippen LogP contribution in [0.4, 0.5) is 11.6 Å². The molecule has 1 aromatic carbocycles. The monoisotopic (exact) mass is 232 g/mol. The van der Waals surface area contributed by atoms with Crippen molar-refractivity contribution in [2.75, 3.05) is 24.2 Å². The minimum Gasteiger partial charge on any atom is -0.398 e. The molecule has 2 rings (SSSR count). The van der Waals surface area contributed by atoms with Crippen LogP contribution < -0.4 is 10.6 Å². The lowest BCUT2D eigenvalue weighted by Gasteiger charge is -2.08. The predicted octanol–water partition coefficient (Wildman–Crippen LogP) is 2.08. The fourth-order valence-electron chi connectivity index (χ4n) is 1.49. The van der Waals surface area contributed by atoms with Gasteiger partial charge in [0.2, 0.25) is 0 Å². The van der Waals surface area contributed by atoms with Crippen LogP contribution in [0.25, 0.3) is 11.5 Å². The molecule has 0 saturated heterocycles. The van der Waals surface area contributed by atoms with Crippen LogP contribution in [-0.4, -0.2) is 23.7 Å². The van der Waals surface area contributed by atoms with Crippen LogP contribution in [0.5, 0.6) is 0 Å². The fraction of sp³-hybridized carbons (Fsp3) is 0.333. The first kappa shape index (κ1) is 11.4. The number of hydrogen-bond donors (Lipinski definition) is 1. The number of rotatable bonds is 3. The number of benzene rings is 1. The van der Waals surface area contributed by atoms with Gasteiger partial charge in [0.1, 0.15) is 0 Å². The Kier molecular flexibility index (Phi) is 2.99. The highest BCUT2D eigenvalue weighted by atomic mass is 16.5. The second-order valence-electron chi connectivity index (χ2n) is 3.95. The first-order valence-electron chi connectivity index (χ1n) is 5.53. The number of hydrogen-bond acceptors (Lipinski definition) is 5. The number of nitrogen functional groups attached to an aromatic ring is 1. The molecule has 0 bridgehead atoms. The van der Waals surface area contributed by atoms with Gasteiger partial charge in [0.25, 0.3) is 11.8 Å². The quantitative estimate of drug-likeness (QED) is 0.820. The molecule has 2 aromatic rings. The number of aryl methyl sites for hydroxylation is 1. The number of nitrogens with zero attached hydrogens (tertiary/aromatic N) is 3. The zero-order valence-corrected chi connectivity index (χ0v) is 10.3. The zero-order chi connectivity index (χ0) is 12.4. The largest absolute Gasteiger partial charge is 0.398 e. The topological polar surface area (TPSA) is 68.2 Å². The average molecular weight is 232 g/mol. The second-order valence-corrected chi connectivity index (χ2v) is 3.95. The Morgan fingerprint density at radius 2 is 2.18 bits per heavy atom. The Bertz CT molecular complexity index is 521. The molecule has 1 heterocycles. The molecule has 0 saturated carbocycles. The van der Waals surface area contributed by atoms with Crippen molar-refractivity contribution in [3.05, 3.63) is 23.8 Å². The van der Waals surface area contributed by atoms with Crippen molar-refractivity contribution in [3.8, 4) is 11.5 Å². The lowest BCUT2D eigenvalue weighted by molar-refractivity contribution is 0.430. The Labute approximate surface area is 100 Å². The van der Waals surface area contributed by atoms with E-state index in [0.717, 1.165) is 17.7 Å². The summed E-state index contributed by atoms with van der Waals surface area (Å²) in [6.07, 6.45) is 0. The molecule has 0 aliphatic rings.